The van der Waals surface area contributed by atoms with E-state index in [2.05, 4.69) is 18.4 Å². The zero-order valence-corrected chi connectivity index (χ0v) is 17.4. The summed E-state index contributed by atoms with van der Waals surface area (Å²) in [7, 11) is 2.16. The van der Waals surface area contributed by atoms with Crippen LogP contribution in [0.3, 0.4) is 0 Å². The molecule has 2 rings (SSSR count). The highest BCUT2D eigenvalue weighted by molar-refractivity contribution is 6.71. The lowest BCUT2D eigenvalue weighted by Gasteiger charge is -2.27. The number of carbonyl (C=O) groups excluding carboxylic acids is 1. The molecule has 1 N–H and O–H groups in total. The third-order valence-electron chi connectivity index (χ3n) is 5.10. The summed E-state index contributed by atoms with van der Waals surface area (Å²) in [6.45, 7) is 9.20. The van der Waals surface area contributed by atoms with Crippen LogP contribution in [-0.4, -0.2) is 51.6 Å². The molecule has 25 heavy (non-hydrogen) atoms. The molecule has 0 saturated carbocycles. The minimum absolute atomic E-state index is 0.148. The summed E-state index contributed by atoms with van der Waals surface area (Å²) in [6, 6.07) is 9.01. The highest BCUT2D eigenvalue weighted by atomic mass is 28.4. The Bertz CT molecular complexity index is 587. The molecule has 1 amide bonds. The van der Waals surface area contributed by atoms with E-state index in [0.717, 1.165) is 23.8 Å². The third kappa shape index (κ3) is 5.30. The average molecular weight is 365 g/mol. The maximum absolute atomic E-state index is 12.3. The van der Waals surface area contributed by atoms with E-state index in [4.69, 9.17) is 9.16 Å². The van der Waals surface area contributed by atoms with Crippen molar-refractivity contribution in [2.24, 2.45) is 0 Å². The number of nitrogens with zero attached hydrogens (tertiary/aromatic N) is 1. The molecule has 0 unspecified atom stereocenters. The van der Waals surface area contributed by atoms with Gasteiger partial charge in [-0.05, 0) is 63.5 Å². The molecule has 1 aromatic rings. The average Bonchev–Trinajstić information content (AvgIpc) is 2.76. The van der Waals surface area contributed by atoms with Gasteiger partial charge in [-0.2, -0.15) is 0 Å². The van der Waals surface area contributed by atoms with Crippen LogP contribution < -0.4 is 10.1 Å². The number of carbonyl (C=O) groups is 1. The summed E-state index contributed by atoms with van der Waals surface area (Å²) in [6.07, 6.45) is 1.71. The molecule has 1 heterocycles. The van der Waals surface area contributed by atoms with Gasteiger partial charge in [0.1, 0.15) is 5.75 Å². The Labute approximate surface area is 152 Å². The van der Waals surface area contributed by atoms with Crippen molar-refractivity contribution in [2.45, 2.75) is 57.5 Å². The summed E-state index contributed by atoms with van der Waals surface area (Å²) in [4.78, 5) is 14.1. The van der Waals surface area contributed by atoms with Crippen LogP contribution >= 0.6 is 0 Å². The summed E-state index contributed by atoms with van der Waals surface area (Å²) in [5.74, 6) is 1.03. The first-order valence-corrected chi connectivity index (χ1v) is 12.1. The fourth-order valence-electron chi connectivity index (χ4n) is 2.98. The molecule has 5 nitrogen and oxygen atoms in total. The molecule has 1 atom stereocenters. The van der Waals surface area contributed by atoms with Gasteiger partial charge >= 0.3 is 0 Å². The Kier molecular flexibility index (Phi) is 6.29. The van der Waals surface area contributed by atoms with Crippen LogP contribution in [0.1, 0.15) is 25.8 Å². The third-order valence-corrected chi connectivity index (χ3v) is 7.77. The van der Waals surface area contributed by atoms with E-state index in [1.54, 1.807) is 12.0 Å². The van der Waals surface area contributed by atoms with Crippen LogP contribution in [0.15, 0.2) is 24.3 Å². The van der Waals surface area contributed by atoms with Crippen molar-refractivity contribution < 1.29 is 14.0 Å². The molecule has 1 aromatic carbocycles. The molecular weight excluding hydrogens is 332 g/mol. The van der Waals surface area contributed by atoms with Gasteiger partial charge in [-0.25, -0.2) is 0 Å². The highest BCUT2D eigenvalue weighted by Crippen LogP contribution is 2.22. The maximum Gasteiger partial charge on any atom is 0.241 e. The minimum Gasteiger partial charge on any atom is -0.494 e. The second kappa shape index (κ2) is 7.89. The lowest BCUT2D eigenvalue weighted by molar-refractivity contribution is -0.129. The van der Waals surface area contributed by atoms with Crippen molar-refractivity contribution in [3.8, 4) is 5.75 Å². The molecule has 1 fully saturated rings. The Hall–Kier alpha value is -1.37. The molecule has 0 aromatic heterocycles. The second-order valence-corrected chi connectivity index (χ2v) is 12.3. The summed E-state index contributed by atoms with van der Waals surface area (Å²) in [5.41, 5.74) is 0.849. The monoisotopic (exact) mass is 364 g/mol. The van der Waals surface area contributed by atoms with E-state index >= 15 is 0 Å². The number of nitrogens with one attached hydrogen (secondary N) is 1. The number of hydrogen-bond acceptors (Lipinski definition) is 4. The molecule has 140 valence electrons. The zero-order chi connectivity index (χ0) is 18.7. The number of ether oxygens (including phenoxy) is 1. The lowest BCUT2D eigenvalue weighted by atomic mass is 10.1. The fourth-order valence-corrected chi connectivity index (χ4v) is 4.18. The maximum atomic E-state index is 12.3. The number of likely N-dealkylation sites (N-methyl/N-ethyl adjacent to an activating group) is 1. The van der Waals surface area contributed by atoms with Gasteiger partial charge in [-0.3, -0.25) is 10.1 Å². The van der Waals surface area contributed by atoms with E-state index in [1.165, 1.54) is 0 Å². The topological polar surface area (TPSA) is 50.8 Å². The van der Waals surface area contributed by atoms with Crippen LogP contribution in [-0.2, 0) is 15.6 Å². The summed E-state index contributed by atoms with van der Waals surface area (Å²) >= 11 is 0. The highest BCUT2D eigenvalue weighted by Gasteiger charge is 2.41. The van der Waals surface area contributed by atoms with Crippen LogP contribution in [0.25, 0.3) is 0 Å². The van der Waals surface area contributed by atoms with Crippen molar-refractivity contribution >= 4 is 14.2 Å². The van der Waals surface area contributed by atoms with Gasteiger partial charge in [0, 0.05) is 14.2 Å². The molecule has 0 spiro atoms. The predicted octanol–water partition coefficient (Wildman–Crippen LogP) is 3.02. The SMILES string of the molecule is CO[Si](C)(C)CCCOc1ccc(C[C@H]2NC(C)(C)N(C)C2=O)cc1. The van der Waals surface area contributed by atoms with Crippen LogP contribution in [0, 0.1) is 0 Å². The molecule has 1 aliphatic heterocycles. The van der Waals surface area contributed by atoms with Gasteiger partial charge in [0.15, 0.2) is 8.32 Å². The first kappa shape index (κ1) is 19.9. The Morgan fingerprint density at radius 1 is 1.24 bits per heavy atom. The zero-order valence-electron chi connectivity index (χ0n) is 16.4. The molecule has 1 saturated heterocycles. The Morgan fingerprint density at radius 3 is 2.40 bits per heavy atom. The van der Waals surface area contributed by atoms with Crippen molar-refractivity contribution in [3.63, 3.8) is 0 Å². The standard InChI is InChI=1S/C19H32N2O3Si/c1-19(2)20-17(18(22)21(19)3)14-15-8-10-16(11-9-15)24-12-7-13-25(5,6)23-4/h8-11,17,20H,7,12-14H2,1-6H3/t17-/m1/s1. The first-order valence-electron chi connectivity index (χ1n) is 8.97. The minimum atomic E-state index is -1.49. The van der Waals surface area contributed by atoms with Crippen molar-refractivity contribution in [1.29, 1.82) is 0 Å². The lowest BCUT2D eigenvalue weighted by Crippen LogP contribution is -2.45. The molecule has 6 heteroatoms. The van der Waals surface area contributed by atoms with Crippen molar-refractivity contribution in [3.05, 3.63) is 29.8 Å². The van der Waals surface area contributed by atoms with Crippen LogP contribution in [0.2, 0.25) is 19.1 Å². The van der Waals surface area contributed by atoms with Crippen molar-refractivity contribution in [2.75, 3.05) is 20.8 Å². The van der Waals surface area contributed by atoms with E-state index in [1.807, 2.05) is 45.2 Å². The van der Waals surface area contributed by atoms with E-state index < -0.39 is 8.32 Å². The van der Waals surface area contributed by atoms with Gasteiger partial charge in [0.05, 0.1) is 18.3 Å². The van der Waals surface area contributed by atoms with Gasteiger partial charge in [0.25, 0.3) is 0 Å². The fraction of sp³-hybridized carbons (Fsp3) is 0.632. The van der Waals surface area contributed by atoms with E-state index in [0.29, 0.717) is 13.0 Å². The summed E-state index contributed by atoms with van der Waals surface area (Å²) in [5, 5.41) is 3.39. The molecular formula is C19H32N2O3Si. The van der Waals surface area contributed by atoms with E-state index in [9.17, 15) is 4.79 Å². The molecule has 0 aliphatic carbocycles. The smallest absolute Gasteiger partial charge is 0.241 e. The van der Waals surface area contributed by atoms with Gasteiger partial charge in [0.2, 0.25) is 5.91 Å². The Balaban J connectivity index is 1.81. The summed E-state index contributed by atoms with van der Waals surface area (Å²) < 4.78 is 11.4. The largest absolute Gasteiger partial charge is 0.494 e. The normalized spacial score (nSPS) is 20.2. The predicted molar refractivity (Wildman–Crippen MR) is 103 cm³/mol. The van der Waals surface area contributed by atoms with Crippen molar-refractivity contribution in [1.82, 2.24) is 10.2 Å². The molecule has 1 aliphatic rings. The van der Waals surface area contributed by atoms with Gasteiger partial charge < -0.3 is 14.1 Å². The number of amides is 1. The molecule has 0 bridgehead atoms. The first-order chi connectivity index (χ1) is 11.6. The number of hydrogen-bond donors (Lipinski definition) is 1. The van der Waals surface area contributed by atoms with E-state index in [-0.39, 0.29) is 17.6 Å². The number of rotatable bonds is 8. The quantitative estimate of drug-likeness (QED) is 0.569. The second-order valence-electron chi connectivity index (χ2n) is 7.92. The van der Waals surface area contributed by atoms with Gasteiger partial charge in [-0.15, -0.1) is 0 Å². The van der Waals surface area contributed by atoms with Crippen LogP contribution in [0.4, 0.5) is 0 Å². The number of benzene rings is 1. The van der Waals surface area contributed by atoms with Gasteiger partial charge in [-0.1, -0.05) is 12.1 Å². The molecule has 0 radical (unpaired) electrons. The van der Waals surface area contributed by atoms with Crippen LogP contribution in [0.5, 0.6) is 5.75 Å². The Morgan fingerprint density at radius 2 is 1.88 bits per heavy atom.